The summed E-state index contributed by atoms with van der Waals surface area (Å²) in [5.74, 6) is -0.742. The Bertz CT molecular complexity index is 455. The van der Waals surface area contributed by atoms with Gasteiger partial charge in [-0.25, -0.2) is 0 Å². The van der Waals surface area contributed by atoms with Crippen LogP contribution in [0.1, 0.15) is 57.2 Å². The third-order valence-electron chi connectivity index (χ3n) is 3.76. The minimum Gasteiger partial charge on any atom is -0.508 e. The highest BCUT2D eigenvalue weighted by molar-refractivity contribution is 5.66. The van der Waals surface area contributed by atoms with Crippen molar-refractivity contribution in [1.29, 1.82) is 0 Å². The molecule has 0 aromatic heterocycles. The average Bonchev–Trinajstić information content (AvgIpc) is 2.36. The SMILES string of the molecule is CCC(C)(C)c1ccc(O)c(C(N)CCC(=O)O)c1. The third-order valence-corrected chi connectivity index (χ3v) is 3.76. The second kappa shape index (κ2) is 6.06. The number of rotatable bonds is 6. The molecule has 4 heteroatoms. The molecule has 0 radical (unpaired) electrons. The van der Waals surface area contributed by atoms with Crippen molar-refractivity contribution in [1.82, 2.24) is 0 Å². The minimum atomic E-state index is -0.875. The molecular weight excluding hydrogens is 242 g/mol. The van der Waals surface area contributed by atoms with Crippen LogP contribution < -0.4 is 5.73 Å². The van der Waals surface area contributed by atoms with Crippen molar-refractivity contribution in [3.05, 3.63) is 29.3 Å². The largest absolute Gasteiger partial charge is 0.508 e. The lowest BCUT2D eigenvalue weighted by Crippen LogP contribution is -2.18. The molecule has 1 aromatic carbocycles. The molecule has 4 nitrogen and oxygen atoms in total. The Labute approximate surface area is 114 Å². The summed E-state index contributed by atoms with van der Waals surface area (Å²) in [6.07, 6.45) is 1.29. The first-order valence-electron chi connectivity index (χ1n) is 6.58. The lowest BCUT2D eigenvalue weighted by Gasteiger charge is -2.25. The molecule has 0 aliphatic carbocycles. The average molecular weight is 265 g/mol. The molecule has 1 rings (SSSR count). The van der Waals surface area contributed by atoms with E-state index in [9.17, 15) is 9.90 Å². The first-order chi connectivity index (χ1) is 8.77. The first kappa shape index (κ1) is 15.5. The number of phenols is 1. The molecule has 0 aliphatic rings. The predicted octanol–water partition coefficient (Wildman–Crippen LogP) is 2.94. The number of hydrogen-bond acceptors (Lipinski definition) is 3. The van der Waals surface area contributed by atoms with Gasteiger partial charge in [0.25, 0.3) is 0 Å². The van der Waals surface area contributed by atoms with Crippen LogP contribution in [-0.4, -0.2) is 16.2 Å². The number of carboxylic acid groups (broad SMARTS) is 1. The van der Waals surface area contributed by atoms with E-state index in [0.717, 1.165) is 12.0 Å². The molecule has 0 saturated heterocycles. The van der Waals surface area contributed by atoms with Gasteiger partial charge in [0.15, 0.2) is 0 Å². The van der Waals surface area contributed by atoms with Crippen LogP contribution in [0.5, 0.6) is 5.75 Å². The smallest absolute Gasteiger partial charge is 0.303 e. The van der Waals surface area contributed by atoms with Crippen LogP contribution in [0, 0.1) is 0 Å². The maximum absolute atomic E-state index is 10.6. The van der Waals surface area contributed by atoms with Crippen molar-refractivity contribution in [2.24, 2.45) is 5.73 Å². The summed E-state index contributed by atoms with van der Waals surface area (Å²) in [6, 6.07) is 4.98. The van der Waals surface area contributed by atoms with Gasteiger partial charge in [-0.05, 0) is 29.9 Å². The fourth-order valence-electron chi connectivity index (χ4n) is 1.91. The van der Waals surface area contributed by atoms with E-state index in [-0.39, 0.29) is 17.6 Å². The van der Waals surface area contributed by atoms with Gasteiger partial charge < -0.3 is 15.9 Å². The summed E-state index contributed by atoms with van der Waals surface area (Å²) >= 11 is 0. The van der Waals surface area contributed by atoms with Crippen LogP contribution in [0.2, 0.25) is 0 Å². The molecule has 106 valence electrons. The third kappa shape index (κ3) is 3.96. The Hall–Kier alpha value is -1.55. The summed E-state index contributed by atoms with van der Waals surface area (Å²) in [5.41, 5.74) is 7.71. The Balaban J connectivity index is 3.00. The topological polar surface area (TPSA) is 83.5 Å². The highest BCUT2D eigenvalue weighted by Crippen LogP contribution is 2.33. The van der Waals surface area contributed by atoms with Gasteiger partial charge in [-0.3, -0.25) is 4.79 Å². The first-order valence-corrected chi connectivity index (χ1v) is 6.58. The molecule has 0 bridgehead atoms. The fourth-order valence-corrected chi connectivity index (χ4v) is 1.91. The Kier molecular flexibility index (Phi) is 4.95. The van der Waals surface area contributed by atoms with Gasteiger partial charge >= 0.3 is 5.97 Å². The standard InChI is InChI=1S/C15H23NO3/c1-4-15(2,3)10-5-7-13(17)11(9-10)12(16)6-8-14(18)19/h5,7,9,12,17H,4,6,8,16H2,1-3H3,(H,18,19). The number of hydrogen-bond donors (Lipinski definition) is 3. The maximum Gasteiger partial charge on any atom is 0.303 e. The fraction of sp³-hybridized carbons (Fsp3) is 0.533. The van der Waals surface area contributed by atoms with Gasteiger partial charge in [-0.15, -0.1) is 0 Å². The van der Waals surface area contributed by atoms with Gasteiger partial charge in [0.2, 0.25) is 0 Å². The summed E-state index contributed by atoms with van der Waals surface area (Å²) in [4.78, 5) is 10.6. The van der Waals surface area contributed by atoms with Gasteiger partial charge in [-0.2, -0.15) is 0 Å². The monoisotopic (exact) mass is 265 g/mol. The number of phenolic OH excluding ortho intramolecular Hbond substituents is 1. The van der Waals surface area contributed by atoms with Crippen molar-refractivity contribution in [3.63, 3.8) is 0 Å². The van der Waals surface area contributed by atoms with E-state index in [2.05, 4.69) is 20.8 Å². The van der Waals surface area contributed by atoms with Crippen LogP contribution in [0.4, 0.5) is 0 Å². The maximum atomic E-state index is 10.6. The molecule has 1 aromatic rings. The Morgan fingerprint density at radius 1 is 1.42 bits per heavy atom. The highest BCUT2D eigenvalue weighted by atomic mass is 16.4. The second-order valence-electron chi connectivity index (χ2n) is 5.55. The predicted molar refractivity (Wildman–Crippen MR) is 75.2 cm³/mol. The molecule has 1 atom stereocenters. The summed E-state index contributed by atoms with van der Waals surface area (Å²) < 4.78 is 0. The van der Waals surface area contributed by atoms with Crippen LogP contribution in [0.25, 0.3) is 0 Å². The molecule has 0 fully saturated rings. The van der Waals surface area contributed by atoms with Gasteiger partial charge in [0.1, 0.15) is 5.75 Å². The molecular formula is C15H23NO3. The number of aliphatic carboxylic acids is 1. The normalized spacial score (nSPS) is 13.3. The minimum absolute atomic E-state index is 0.00199. The van der Waals surface area contributed by atoms with E-state index < -0.39 is 12.0 Å². The molecule has 0 amide bonds. The van der Waals surface area contributed by atoms with E-state index in [4.69, 9.17) is 10.8 Å². The zero-order valence-corrected chi connectivity index (χ0v) is 11.8. The highest BCUT2D eigenvalue weighted by Gasteiger charge is 2.21. The van der Waals surface area contributed by atoms with Gasteiger partial charge in [-0.1, -0.05) is 32.9 Å². The molecule has 0 heterocycles. The van der Waals surface area contributed by atoms with Crippen molar-refractivity contribution in [3.8, 4) is 5.75 Å². The number of nitrogens with two attached hydrogens (primary N) is 1. The zero-order valence-electron chi connectivity index (χ0n) is 11.8. The van der Waals surface area contributed by atoms with E-state index in [1.165, 1.54) is 0 Å². The number of aromatic hydroxyl groups is 1. The van der Waals surface area contributed by atoms with Crippen molar-refractivity contribution in [2.45, 2.75) is 51.5 Å². The van der Waals surface area contributed by atoms with Crippen LogP contribution in [-0.2, 0) is 10.2 Å². The lowest BCUT2D eigenvalue weighted by atomic mass is 9.81. The van der Waals surface area contributed by atoms with E-state index in [1.807, 2.05) is 12.1 Å². The number of benzene rings is 1. The summed E-state index contributed by atoms with van der Waals surface area (Å²) in [5, 5.41) is 18.6. The summed E-state index contributed by atoms with van der Waals surface area (Å²) in [6.45, 7) is 6.37. The van der Waals surface area contributed by atoms with E-state index >= 15 is 0 Å². The van der Waals surface area contributed by atoms with Crippen LogP contribution >= 0.6 is 0 Å². The molecule has 4 N–H and O–H groups in total. The van der Waals surface area contributed by atoms with Gasteiger partial charge in [0, 0.05) is 18.0 Å². The van der Waals surface area contributed by atoms with Gasteiger partial charge in [0.05, 0.1) is 0 Å². The quantitative estimate of drug-likeness (QED) is 0.738. The van der Waals surface area contributed by atoms with Crippen LogP contribution in [0.15, 0.2) is 18.2 Å². The molecule has 19 heavy (non-hydrogen) atoms. The van der Waals surface area contributed by atoms with Crippen LogP contribution in [0.3, 0.4) is 0 Å². The molecule has 0 spiro atoms. The number of carbonyl (C=O) groups is 1. The Morgan fingerprint density at radius 3 is 2.58 bits per heavy atom. The molecule has 1 unspecified atom stereocenters. The van der Waals surface area contributed by atoms with Crippen molar-refractivity contribution < 1.29 is 15.0 Å². The zero-order chi connectivity index (χ0) is 14.6. The number of carboxylic acids is 1. The van der Waals surface area contributed by atoms with E-state index in [1.54, 1.807) is 6.07 Å². The molecule has 0 saturated carbocycles. The van der Waals surface area contributed by atoms with Crippen molar-refractivity contribution >= 4 is 5.97 Å². The van der Waals surface area contributed by atoms with Crippen molar-refractivity contribution in [2.75, 3.05) is 0 Å². The Morgan fingerprint density at radius 2 is 2.05 bits per heavy atom. The molecule has 0 aliphatic heterocycles. The summed E-state index contributed by atoms with van der Waals surface area (Å²) in [7, 11) is 0. The van der Waals surface area contributed by atoms with E-state index in [0.29, 0.717) is 12.0 Å². The lowest BCUT2D eigenvalue weighted by molar-refractivity contribution is -0.137. The second-order valence-corrected chi connectivity index (χ2v) is 5.55.